The van der Waals surface area contributed by atoms with Crippen molar-refractivity contribution in [3.05, 3.63) is 83.7 Å². The number of benzene rings is 3. The van der Waals surface area contributed by atoms with Crippen LogP contribution in [0.4, 0.5) is 0 Å². The number of methoxy groups -OCH3 is 1. The van der Waals surface area contributed by atoms with Gasteiger partial charge in [-0.3, -0.25) is 0 Å². The predicted octanol–water partition coefficient (Wildman–Crippen LogP) is 4.90. The average molecular weight is 353 g/mol. The fourth-order valence-electron chi connectivity index (χ4n) is 3.23. The Labute approximate surface area is 158 Å². The molecule has 132 valence electrons. The van der Waals surface area contributed by atoms with Crippen LogP contribution in [-0.4, -0.2) is 17.1 Å². The van der Waals surface area contributed by atoms with Crippen LogP contribution in [0.25, 0.3) is 22.2 Å². The highest BCUT2D eigenvalue weighted by Gasteiger charge is 2.06. The van der Waals surface area contributed by atoms with Crippen LogP contribution in [0.1, 0.15) is 17.0 Å². The zero-order valence-electron chi connectivity index (χ0n) is 15.1. The van der Waals surface area contributed by atoms with Crippen molar-refractivity contribution < 1.29 is 4.74 Å². The van der Waals surface area contributed by atoms with Gasteiger partial charge in [0.05, 0.1) is 23.7 Å². The first-order chi connectivity index (χ1) is 13.3. The van der Waals surface area contributed by atoms with Crippen molar-refractivity contribution in [2.45, 2.75) is 12.8 Å². The summed E-state index contributed by atoms with van der Waals surface area (Å²) in [6, 6.07) is 24.4. The van der Waals surface area contributed by atoms with E-state index in [9.17, 15) is 5.26 Å². The van der Waals surface area contributed by atoms with Crippen molar-refractivity contribution in [1.29, 1.82) is 5.26 Å². The molecule has 3 aromatic carbocycles. The first-order valence-corrected chi connectivity index (χ1v) is 8.88. The van der Waals surface area contributed by atoms with Gasteiger partial charge in [-0.05, 0) is 47.4 Å². The van der Waals surface area contributed by atoms with E-state index in [0.29, 0.717) is 11.3 Å². The Morgan fingerprint density at radius 2 is 1.74 bits per heavy atom. The molecule has 27 heavy (non-hydrogen) atoms. The molecule has 1 heterocycles. The number of para-hydroxylation sites is 2. The van der Waals surface area contributed by atoms with Crippen molar-refractivity contribution in [1.82, 2.24) is 9.97 Å². The van der Waals surface area contributed by atoms with Gasteiger partial charge >= 0.3 is 0 Å². The third-order valence-corrected chi connectivity index (χ3v) is 4.70. The summed E-state index contributed by atoms with van der Waals surface area (Å²) in [5.41, 5.74) is 5.99. The zero-order chi connectivity index (χ0) is 18.6. The average Bonchev–Trinajstić information content (AvgIpc) is 3.15. The van der Waals surface area contributed by atoms with Gasteiger partial charge in [-0.15, -0.1) is 0 Å². The lowest BCUT2D eigenvalue weighted by atomic mass is 10.00. The number of nitriles is 1. The molecule has 0 radical (unpaired) electrons. The van der Waals surface area contributed by atoms with Crippen molar-refractivity contribution in [3.63, 3.8) is 0 Å². The number of aromatic amines is 1. The lowest BCUT2D eigenvalue weighted by Gasteiger charge is -2.07. The summed E-state index contributed by atoms with van der Waals surface area (Å²) in [6.07, 6.45) is 1.79. The Balaban J connectivity index is 1.48. The quantitative estimate of drug-likeness (QED) is 0.555. The minimum absolute atomic E-state index is 0.545. The van der Waals surface area contributed by atoms with Crippen molar-refractivity contribution >= 4 is 11.0 Å². The van der Waals surface area contributed by atoms with E-state index < -0.39 is 0 Å². The Morgan fingerprint density at radius 3 is 2.48 bits per heavy atom. The van der Waals surface area contributed by atoms with E-state index in [4.69, 9.17) is 4.74 Å². The number of ether oxygens (including phenoxy) is 1. The number of H-pyrrole nitrogens is 1. The van der Waals surface area contributed by atoms with E-state index in [0.717, 1.165) is 40.8 Å². The Morgan fingerprint density at radius 1 is 0.963 bits per heavy atom. The molecule has 0 fully saturated rings. The molecule has 0 amide bonds. The van der Waals surface area contributed by atoms with Crippen LogP contribution < -0.4 is 4.74 Å². The molecule has 0 unspecified atom stereocenters. The summed E-state index contributed by atoms with van der Waals surface area (Å²) in [4.78, 5) is 8.00. The second-order valence-electron chi connectivity index (χ2n) is 6.42. The van der Waals surface area contributed by atoms with E-state index in [1.165, 1.54) is 5.56 Å². The summed E-state index contributed by atoms with van der Waals surface area (Å²) < 4.78 is 5.21. The van der Waals surface area contributed by atoms with Gasteiger partial charge in [0.1, 0.15) is 17.6 Å². The van der Waals surface area contributed by atoms with Crippen LogP contribution in [0.3, 0.4) is 0 Å². The summed E-state index contributed by atoms with van der Waals surface area (Å²) >= 11 is 0. The molecule has 0 aliphatic carbocycles. The summed E-state index contributed by atoms with van der Waals surface area (Å²) in [5.74, 6) is 1.61. The molecular formula is C23H19N3O. The maximum absolute atomic E-state index is 9.26. The van der Waals surface area contributed by atoms with Gasteiger partial charge < -0.3 is 9.72 Å². The molecule has 0 bridgehead atoms. The molecule has 4 nitrogen and oxygen atoms in total. The second kappa shape index (κ2) is 7.35. The van der Waals surface area contributed by atoms with E-state index in [1.54, 1.807) is 7.11 Å². The van der Waals surface area contributed by atoms with Crippen LogP contribution in [0.5, 0.6) is 5.75 Å². The van der Waals surface area contributed by atoms with Crippen LogP contribution >= 0.6 is 0 Å². The standard InChI is InChI=1S/C23H19N3O/c1-27-22-12-11-18(14-19(22)15-24)17-9-6-16(7-10-17)8-13-23-25-20-4-2-3-5-21(20)26-23/h2-7,9-12,14H,8,13H2,1H3,(H,25,26). The summed E-state index contributed by atoms with van der Waals surface area (Å²) in [5, 5.41) is 9.26. The van der Waals surface area contributed by atoms with Crippen LogP contribution in [0.15, 0.2) is 66.7 Å². The first kappa shape index (κ1) is 16.9. The Hall–Kier alpha value is -3.58. The Kier molecular flexibility index (Phi) is 4.59. The molecule has 0 saturated carbocycles. The highest BCUT2D eigenvalue weighted by atomic mass is 16.5. The first-order valence-electron chi connectivity index (χ1n) is 8.88. The van der Waals surface area contributed by atoms with Gasteiger partial charge in [0.25, 0.3) is 0 Å². The Bertz CT molecular complexity index is 1090. The van der Waals surface area contributed by atoms with Crippen LogP contribution in [0, 0.1) is 11.3 Å². The number of fused-ring (bicyclic) bond motifs is 1. The van der Waals surface area contributed by atoms with E-state index in [1.807, 2.05) is 42.5 Å². The van der Waals surface area contributed by atoms with Gasteiger partial charge in [0, 0.05) is 6.42 Å². The smallest absolute Gasteiger partial charge is 0.136 e. The van der Waals surface area contributed by atoms with Gasteiger partial charge in [-0.25, -0.2) is 4.98 Å². The minimum atomic E-state index is 0.545. The number of imidazole rings is 1. The van der Waals surface area contributed by atoms with Crippen molar-refractivity contribution in [2.24, 2.45) is 0 Å². The number of aryl methyl sites for hydroxylation is 2. The van der Waals surface area contributed by atoms with Gasteiger partial charge in [0.15, 0.2) is 0 Å². The second-order valence-corrected chi connectivity index (χ2v) is 6.42. The lowest BCUT2D eigenvalue weighted by Crippen LogP contribution is -1.93. The van der Waals surface area contributed by atoms with Gasteiger partial charge in [-0.2, -0.15) is 5.26 Å². The van der Waals surface area contributed by atoms with Gasteiger partial charge in [-0.1, -0.05) is 42.5 Å². The molecule has 0 aliphatic heterocycles. The highest BCUT2D eigenvalue weighted by Crippen LogP contribution is 2.26. The fraction of sp³-hybridized carbons (Fsp3) is 0.130. The summed E-state index contributed by atoms with van der Waals surface area (Å²) in [6.45, 7) is 0. The molecule has 0 saturated heterocycles. The zero-order valence-corrected chi connectivity index (χ0v) is 15.1. The minimum Gasteiger partial charge on any atom is -0.495 e. The number of rotatable bonds is 5. The molecule has 1 N–H and O–H groups in total. The molecule has 4 aromatic rings. The lowest BCUT2D eigenvalue weighted by molar-refractivity contribution is 0.413. The molecule has 0 aliphatic rings. The summed E-state index contributed by atoms with van der Waals surface area (Å²) in [7, 11) is 1.58. The largest absolute Gasteiger partial charge is 0.495 e. The number of nitrogens with one attached hydrogen (secondary N) is 1. The number of hydrogen-bond donors (Lipinski definition) is 1. The topological polar surface area (TPSA) is 61.7 Å². The maximum atomic E-state index is 9.26. The number of aromatic nitrogens is 2. The number of hydrogen-bond acceptors (Lipinski definition) is 3. The van der Waals surface area contributed by atoms with E-state index >= 15 is 0 Å². The molecule has 1 aromatic heterocycles. The van der Waals surface area contributed by atoms with Crippen LogP contribution in [-0.2, 0) is 12.8 Å². The molecule has 0 spiro atoms. The third-order valence-electron chi connectivity index (χ3n) is 4.70. The number of nitrogens with zero attached hydrogens (tertiary/aromatic N) is 2. The fourth-order valence-corrected chi connectivity index (χ4v) is 3.23. The van der Waals surface area contributed by atoms with E-state index in [2.05, 4.69) is 40.3 Å². The van der Waals surface area contributed by atoms with Crippen molar-refractivity contribution in [3.8, 4) is 22.9 Å². The molecule has 4 heteroatoms. The van der Waals surface area contributed by atoms with Gasteiger partial charge in [0.2, 0.25) is 0 Å². The monoisotopic (exact) mass is 353 g/mol. The molecule has 0 atom stereocenters. The normalized spacial score (nSPS) is 10.7. The van der Waals surface area contributed by atoms with Crippen LogP contribution in [0.2, 0.25) is 0 Å². The van der Waals surface area contributed by atoms with Crippen molar-refractivity contribution in [2.75, 3.05) is 7.11 Å². The maximum Gasteiger partial charge on any atom is 0.136 e. The third kappa shape index (κ3) is 3.54. The van der Waals surface area contributed by atoms with E-state index in [-0.39, 0.29) is 0 Å². The highest BCUT2D eigenvalue weighted by molar-refractivity contribution is 5.74. The molecular weight excluding hydrogens is 334 g/mol. The predicted molar refractivity (Wildman–Crippen MR) is 107 cm³/mol. The molecule has 4 rings (SSSR count). The SMILES string of the molecule is COc1ccc(-c2ccc(CCc3nc4ccccc4[nH]3)cc2)cc1C#N.